The van der Waals surface area contributed by atoms with E-state index >= 15 is 0 Å². The maximum Gasteiger partial charge on any atom is 0.673 e. The van der Waals surface area contributed by atoms with Crippen LogP contribution in [0.3, 0.4) is 0 Å². The Bertz CT molecular complexity index is 488. The second-order valence-electron chi connectivity index (χ2n) is 3.36. The minimum atomic E-state index is -6.00. The number of hydrogen-bond donors (Lipinski definition) is 0. The second-order valence-corrected chi connectivity index (χ2v) is 3.36. The van der Waals surface area contributed by atoms with Crippen LogP contribution in [0, 0.1) is 6.92 Å². The zero-order valence-corrected chi connectivity index (χ0v) is 9.45. The second kappa shape index (κ2) is 5.16. The summed E-state index contributed by atoms with van der Waals surface area (Å²) >= 11 is 0. The average molecular weight is 249 g/mol. The lowest BCUT2D eigenvalue weighted by atomic mass is 10.3. The Morgan fingerprint density at radius 2 is 1.88 bits per heavy atom. The topological polar surface area (TPSA) is 21.9 Å². The molecular weight excluding hydrogens is 237 g/mol. The van der Waals surface area contributed by atoms with Crippen LogP contribution < -0.4 is 4.40 Å². The summed E-state index contributed by atoms with van der Waals surface area (Å²) in [7, 11) is -6.00. The van der Waals surface area contributed by atoms with Crippen molar-refractivity contribution in [2.75, 3.05) is 0 Å². The van der Waals surface area contributed by atoms with Crippen LogP contribution in [0.4, 0.5) is 17.3 Å². The van der Waals surface area contributed by atoms with Crippen molar-refractivity contribution in [2.24, 2.45) is 0 Å². The first-order valence-electron chi connectivity index (χ1n) is 5.03. The number of pyridine rings is 1. The summed E-state index contributed by atoms with van der Waals surface area (Å²) in [5.74, 6) is 0. The summed E-state index contributed by atoms with van der Waals surface area (Å²) in [6.45, 7) is 5.08. The molecule has 0 N–H and O–H groups in total. The molecule has 0 aliphatic heterocycles. The van der Waals surface area contributed by atoms with E-state index in [-0.39, 0.29) is 0 Å². The number of aromatic nitrogens is 3. The maximum atomic E-state index is 9.75. The van der Waals surface area contributed by atoms with Gasteiger partial charge in [0.15, 0.2) is 0 Å². The van der Waals surface area contributed by atoms with E-state index in [0.717, 1.165) is 12.2 Å². The molecule has 0 aliphatic rings. The van der Waals surface area contributed by atoms with Gasteiger partial charge in [-0.2, -0.15) is 0 Å². The molecule has 0 unspecified atom stereocenters. The first-order valence-corrected chi connectivity index (χ1v) is 5.03. The van der Waals surface area contributed by atoms with Crippen molar-refractivity contribution in [3.63, 3.8) is 0 Å². The van der Waals surface area contributed by atoms with Crippen molar-refractivity contribution in [1.29, 1.82) is 0 Å². The summed E-state index contributed by atoms with van der Waals surface area (Å²) in [5, 5.41) is 4.37. The van der Waals surface area contributed by atoms with Gasteiger partial charge in [-0.3, -0.25) is 0 Å². The molecule has 8 heteroatoms. The summed E-state index contributed by atoms with van der Waals surface area (Å²) in [5.41, 5.74) is 2.23. The van der Waals surface area contributed by atoms with Crippen LogP contribution in [0.15, 0.2) is 24.5 Å². The van der Waals surface area contributed by atoms with E-state index in [1.54, 1.807) is 0 Å². The van der Waals surface area contributed by atoms with Gasteiger partial charge < -0.3 is 17.3 Å². The molecule has 0 spiro atoms. The molecule has 0 radical (unpaired) electrons. The van der Waals surface area contributed by atoms with Gasteiger partial charge in [0.25, 0.3) is 0 Å². The molecule has 3 nitrogen and oxygen atoms in total. The number of halogens is 4. The Morgan fingerprint density at radius 3 is 2.35 bits per heavy atom. The van der Waals surface area contributed by atoms with E-state index in [9.17, 15) is 17.3 Å². The van der Waals surface area contributed by atoms with E-state index in [2.05, 4.69) is 29.4 Å². The average Bonchev–Trinajstić information content (AvgIpc) is 2.59. The van der Waals surface area contributed by atoms with Crippen LogP contribution in [0.5, 0.6) is 0 Å². The molecule has 17 heavy (non-hydrogen) atoms. The van der Waals surface area contributed by atoms with E-state index in [1.165, 1.54) is 5.69 Å². The zero-order valence-electron chi connectivity index (χ0n) is 9.45. The van der Waals surface area contributed by atoms with Gasteiger partial charge >= 0.3 is 12.9 Å². The third-order valence-electron chi connectivity index (χ3n) is 2.01. The lowest BCUT2D eigenvalue weighted by molar-refractivity contribution is -0.521. The lowest BCUT2D eigenvalue weighted by Gasteiger charge is -1.94. The van der Waals surface area contributed by atoms with Crippen LogP contribution in [-0.4, -0.2) is 17.0 Å². The van der Waals surface area contributed by atoms with E-state index in [0.29, 0.717) is 0 Å². The fourth-order valence-electron chi connectivity index (χ4n) is 1.29. The molecule has 0 aromatic carbocycles. The van der Waals surface area contributed by atoms with Crippen molar-refractivity contribution in [3.8, 4) is 0 Å². The fourth-order valence-corrected chi connectivity index (χ4v) is 1.29. The van der Waals surface area contributed by atoms with Gasteiger partial charge in [0.2, 0.25) is 6.33 Å². The van der Waals surface area contributed by atoms with E-state index in [1.807, 2.05) is 23.1 Å². The summed E-state index contributed by atoms with van der Waals surface area (Å²) < 4.78 is 43.0. The van der Waals surface area contributed by atoms with Crippen LogP contribution >= 0.6 is 0 Å². The van der Waals surface area contributed by atoms with Gasteiger partial charge in [-0.15, -0.1) is 4.68 Å². The molecule has 2 aromatic rings. The molecule has 0 saturated carbocycles. The van der Waals surface area contributed by atoms with Crippen molar-refractivity contribution < 1.29 is 21.7 Å². The number of fused-ring (bicyclic) bond motifs is 1. The Morgan fingerprint density at radius 1 is 1.29 bits per heavy atom. The van der Waals surface area contributed by atoms with Gasteiger partial charge in [0.05, 0.1) is 5.69 Å². The third kappa shape index (κ3) is 4.42. The van der Waals surface area contributed by atoms with Crippen molar-refractivity contribution in [1.82, 2.24) is 9.78 Å². The van der Waals surface area contributed by atoms with Crippen molar-refractivity contribution >= 4 is 12.9 Å². The molecule has 94 valence electrons. The minimum Gasteiger partial charge on any atom is -0.418 e. The molecule has 2 rings (SSSR count). The molecule has 2 aromatic heterocycles. The smallest absolute Gasteiger partial charge is 0.418 e. The van der Waals surface area contributed by atoms with Crippen LogP contribution in [0.25, 0.3) is 5.65 Å². The summed E-state index contributed by atoms with van der Waals surface area (Å²) in [4.78, 5) is 0. The molecule has 0 atom stereocenters. The highest BCUT2D eigenvalue weighted by atomic mass is 19.5. The van der Waals surface area contributed by atoms with Gasteiger partial charge in [-0.05, 0) is 19.9 Å². The quantitative estimate of drug-likeness (QED) is 0.431. The maximum absolute atomic E-state index is 9.75. The summed E-state index contributed by atoms with van der Waals surface area (Å²) in [6.07, 6.45) is 2.02. The summed E-state index contributed by atoms with van der Waals surface area (Å²) in [6, 6.07) is 6.12. The first kappa shape index (κ1) is 13.5. The van der Waals surface area contributed by atoms with Crippen molar-refractivity contribution in [3.05, 3.63) is 30.2 Å². The number of rotatable bonds is 1. The van der Waals surface area contributed by atoms with Gasteiger partial charge in [0, 0.05) is 11.2 Å². The highest BCUT2D eigenvalue weighted by Crippen LogP contribution is 2.06. The SMILES string of the molecule is CCn1c[n+]2c(C)cccc2n1.F[B-](F)(F)F. The molecule has 0 fully saturated rings. The van der Waals surface area contributed by atoms with Crippen LogP contribution in [0.2, 0.25) is 0 Å². The van der Waals surface area contributed by atoms with Gasteiger partial charge in [0.1, 0.15) is 6.54 Å². The predicted octanol–water partition coefficient (Wildman–Crippen LogP) is 2.25. The standard InChI is InChI=1S/C9H12N3.BF4/c1-3-11-7-12-8(2)5-4-6-9(12)10-11;2-1(3,4)5/h4-7H,3H2,1-2H3;/q+1;-1. The van der Waals surface area contributed by atoms with Crippen LogP contribution in [0.1, 0.15) is 12.6 Å². The predicted molar refractivity (Wildman–Crippen MR) is 56.0 cm³/mol. The Hall–Kier alpha value is -1.60. The highest BCUT2D eigenvalue weighted by Gasteiger charge is 2.20. The highest BCUT2D eigenvalue weighted by molar-refractivity contribution is 6.50. The monoisotopic (exact) mass is 249 g/mol. The Labute approximate surface area is 95.8 Å². The van der Waals surface area contributed by atoms with Gasteiger partial charge in [-0.1, -0.05) is 6.07 Å². The molecule has 0 aliphatic carbocycles. The van der Waals surface area contributed by atoms with E-state index < -0.39 is 7.25 Å². The number of aryl methyl sites for hydroxylation is 2. The van der Waals surface area contributed by atoms with E-state index in [4.69, 9.17) is 0 Å². The zero-order chi connectivity index (χ0) is 13.1. The Kier molecular flexibility index (Phi) is 4.09. The number of nitrogens with zero attached hydrogens (tertiary/aromatic N) is 3. The van der Waals surface area contributed by atoms with Crippen LogP contribution in [-0.2, 0) is 6.54 Å². The minimum absolute atomic E-state index is 0.918. The molecule has 0 saturated heterocycles. The Balaban J connectivity index is 0.000000249. The van der Waals surface area contributed by atoms with Gasteiger partial charge in [-0.25, -0.2) is 4.40 Å². The molecule has 2 heterocycles. The first-order chi connectivity index (χ1) is 7.81. The molecule has 0 amide bonds. The third-order valence-corrected chi connectivity index (χ3v) is 2.01. The molecule has 0 bridgehead atoms. The largest absolute Gasteiger partial charge is 0.673 e. The number of hydrogen-bond acceptors (Lipinski definition) is 1. The van der Waals surface area contributed by atoms with Crippen molar-refractivity contribution in [2.45, 2.75) is 20.4 Å². The lowest BCUT2D eigenvalue weighted by Crippen LogP contribution is -2.22. The molecular formula is C9H12BF4N3. The normalized spacial score (nSPS) is 11.2. The fraction of sp³-hybridized carbons (Fsp3) is 0.333.